The van der Waals surface area contributed by atoms with Crippen molar-refractivity contribution in [3.05, 3.63) is 0 Å². The molecule has 1 aliphatic carbocycles. The zero-order valence-corrected chi connectivity index (χ0v) is 11.7. The summed E-state index contributed by atoms with van der Waals surface area (Å²) in [6.07, 6.45) is 8.07. The summed E-state index contributed by atoms with van der Waals surface area (Å²) < 4.78 is 0. The van der Waals surface area contributed by atoms with Gasteiger partial charge in [0, 0.05) is 13.1 Å². The molecule has 2 unspecified atom stereocenters. The molecule has 2 fully saturated rings. The zero-order valence-electron chi connectivity index (χ0n) is 10.9. The molecule has 1 heterocycles. The third-order valence-electron chi connectivity index (χ3n) is 3.99. The van der Waals surface area contributed by atoms with Gasteiger partial charge in [-0.05, 0) is 25.2 Å². The number of hydrogen-bond acceptors (Lipinski definition) is 3. The summed E-state index contributed by atoms with van der Waals surface area (Å²) in [5.41, 5.74) is 0. The van der Waals surface area contributed by atoms with Gasteiger partial charge in [0.2, 0.25) is 5.91 Å². The Bertz CT molecular complexity index is 257. The summed E-state index contributed by atoms with van der Waals surface area (Å²) in [6, 6.07) is -0.184. The van der Waals surface area contributed by atoms with E-state index in [1.165, 1.54) is 32.1 Å². The van der Waals surface area contributed by atoms with Gasteiger partial charge in [-0.25, -0.2) is 0 Å². The summed E-state index contributed by atoms with van der Waals surface area (Å²) in [4.78, 5) is 11.7. The molecule has 0 aromatic rings. The van der Waals surface area contributed by atoms with Crippen LogP contribution in [0.25, 0.3) is 0 Å². The van der Waals surface area contributed by atoms with Gasteiger partial charge >= 0.3 is 0 Å². The fourth-order valence-electron chi connectivity index (χ4n) is 2.94. The summed E-state index contributed by atoms with van der Waals surface area (Å²) in [5, 5.41) is 15.3. The van der Waals surface area contributed by atoms with Crippen LogP contribution in [0.5, 0.6) is 0 Å². The second-order valence-corrected chi connectivity index (χ2v) is 5.43. The predicted octanol–water partition coefficient (Wildman–Crippen LogP) is 1.22. The minimum absolute atomic E-state index is 0. The van der Waals surface area contributed by atoms with Crippen molar-refractivity contribution in [3.8, 4) is 0 Å². The smallest absolute Gasteiger partial charge is 0.237 e. The number of rotatable bonds is 5. The lowest BCUT2D eigenvalue weighted by Gasteiger charge is -2.12. The lowest BCUT2D eigenvalue weighted by atomic mass is 10.0. The van der Waals surface area contributed by atoms with Crippen LogP contribution in [-0.4, -0.2) is 36.2 Å². The van der Waals surface area contributed by atoms with E-state index in [9.17, 15) is 9.90 Å². The van der Waals surface area contributed by atoms with Crippen molar-refractivity contribution < 1.29 is 9.90 Å². The fourth-order valence-corrected chi connectivity index (χ4v) is 2.94. The average Bonchev–Trinajstić information content (AvgIpc) is 2.95. The number of aliphatic hydroxyl groups excluding tert-OH is 1. The standard InChI is InChI=1S/C13H24N2O2.ClH/c16-11-8-12(15-9-11)13(17)14-7-3-6-10-4-1-2-5-10;/h10-12,15-16H,1-9H2,(H,14,17);1H. The minimum atomic E-state index is -0.357. The van der Waals surface area contributed by atoms with Crippen molar-refractivity contribution in [2.24, 2.45) is 5.92 Å². The first kappa shape index (κ1) is 15.7. The van der Waals surface area contributed by atoms with Gasteiger partial charge in [-0.2, -0.15) is 0 Å². The van der Waals surface area contributed by atoms with Gasteiger partial charge in [-0.15, -0.1) is 12.4 Å². The highest BCUT2D eigenvalue weighted by atomic mass is 35.5. The van der Waals surface area contributed by atoms with Gasteiger partial charge < -0.3 is 15.7 Å². The van der Waals surface area contributed by atoms with Crippen LogP contribution in [0.15, 0.2) is 0 Å². The first-order valence-corrected chi connectivity index (χ1v) is 6.95. The lowest BCUT2D eigenvalue weighted by molar-refractivity contribution is -0.122. The van der Waals surface area contributed by atoms with E-state index in [2.05, 4.69) is 10.6 Å². The first-order valence-electron chi connectivity index (χ1n) is 6.95. The summed E-state index contributed by atoms with van der Waals surface area (Å²) >= 11 is 0. The van der Waals surface area contributed by atoms with Gasteiger partial charge in [0.25, 0.3) is 0 Å². The van der Waals surface area contributed by atoms with Crippen LogP contribution in [0.2, 0.25) is 0 Å². The molecule has 2 aliphatic rings. The number of carbonyl (C=O) groups is 1. The van der Waals surface area contributed by atoms with Gasteiger partial charge in [-0.3, -0.25) is 4.79 Å². The molecule has 1 amide bonds. The van der Waals surface area contributed by atoms with Crippen molar-refractivity contribution in [2.75, 3.05) is 13.1 Å². The molecule has 0 spiro atoms. The molecule has 4 nitrogen and oxygen atoms in total. The highest BCUT2D eigenvalue weighted by molar-refractivity contribution is 5.85. The maximum Gasteiger partial charge on any atom is 0.237 e. The highest BCUT2D eigenvalue weighted by Gasteiger charge is 2.27. The SMILES string of the molecule is Cl.O=C(NCCCC1CCCC1)C1CC(O)CN1. The molecule has 2 rings (SSSR count). The first-order chi connectivity index (χ1) is 8.25. The molecule has 1 saturated heterocycles. The number of hydrogen-bond donors (Lipinski definition) is 3. The van der Waals surface area contributed by atoms with Crippen molar-refractivity contribution in [3.63, 3.8) is 0 Å². The molecule has 0 aromatic carbocycles. The second kappa shape index (κ2) is 7.97. The van der Waals surface area contributed by atoms with Crippen LogP contribution in [0.1, 0.15) is 44.9 Å². The normalized spacial score (nSPS) is 28.1. The molecule has 0 radical (unpaired) electrons. The quantitative estimate of drug-likeness (QED) is 0.662. The molecular weight excluding hydrogens is 252 g/mol. The molecule has 2 atom stereocenters. The highest BCUT2D eigenvalue weighted by Crippen LogP contribution is 2.28. The summed E-state index contributed by atoms with van der Waals surface area (Å²) in [7, 11) is 0. The third-order valence-corrected chi connectivity index (χ3v) is 3.99. The number of β-amino-alcohol motifs (C(OH)–C–C–N with tert-alkyl or cyclic N) is 1. The molecule has 0 aromatic heterocycles. The van der Waals surface area contributed by atoms with E-state index in [-0.39, 0.29) is 30.5 Å². The number of halogens is 1. The molecular formula is C13H25ClN2O2. The van der Waals surface area contributed by atoms with Crippen LogP contribution < -0.4 is 10.6 Å². The summed E-state index contributed by atoms with van der Waals surface area (Å²) in [5.74, 6) is 0.950. The predicted molar refractivity (Wildman–Crippen MR) is 73.9 cm³/mol. The average molecular weight is 277 g/mol. The van der Waals surface area contributed by atoms with Crippen LogP contribution >= 0.6 is 12.4 Å². The molecule has 0 bridgehead atoms. The van der Waals surface area contributed by atoms with Crippen LogP contribution in [-0.2, 0) is 4.79 Å². The van der Waals surface area contributed by atoms with E-state index in [1.807, 2.05) is 0 Å². The number of aliphatic hydroxyl groups is 1. The Morgan fingerprint density at radius 2 is 2.06 bits per heavy atom. The largest absolute Gasteiger partial charge is 0.392 e. The molecule has 1 aliphatic heterocycles. The third kappa shape index (κ3) is 4.75. The van der Waals surface area contributed by atoms with E-state index in [1.54, 1.807) is 0 Å². The van der Waals surface area contributed by atoms with Gasteiger partial charge in [0.15, 0.2) is 0 Å². The molecule has 1 saturated carbocycles. The van der Waals surface area contributed by atoms with Gasteiger partial charge in [0.05, 0.1) is 12.1 Å². The van der Waals surface area contributed by atoms with Crippen molar-refractivity contribution in [1.82, 2.24) is 10.6 Å². The van der Waals surface area contributed by atoms with E-state index < -0.39 is 0 Å². The van der Waals surface area contributed by atoms with Crippen molar-refractivity contribution in [1.29, 1.82) is 0 Å². The second-order valence-electron chi connectivity index (χ2n) is 5.43. The maximum absolute atomic E-state index is 11.7. The molecule has 5 heteroatoms. The zero-order chi connectivity index (χ0) is 12.1. The summed E-state index contributed by atoms with van der Waals surface area (Å²) in [6.45, 7) is 1.32. The van der Waals surface area contributed by atoms with E-state index in [0.29, 0.717) is 13.0 Å². The molecule has 106 valence electrons. The van der Waals surface area contributed by atoms with E-state index >= 15 is 0 Å². The Kier molecular flexibility index (Phi) is 6.97. The molecule has 3 N–H and O–H groups in total. The van der Waals surface area contributed by atoms with Gasteiger partial charge in [-0.1, -0.05) is 25.7 Å². The lowest BCUT2D eigenvalue weighted by Crippen LogP contribution is -2.40. The Hall–Kier alpha value is -0.320. The monoisotopic (exact) mass is 276 g/mol. The Labute approximate surface area is 115 Å². The fraction of sp³-hybridized carbons (Fsp3) is 0.923. The van der Waals surface area contributed by atoms with Crippen LogP contribution in [0.3, 0.4) is 0 Å². The van der Waals surface area contributed by atoms with Crippen LogP contribution in [0, 0.1) is 5.92 Å². The van der Waals surface area contributed by atoms with Crippen molar-refractivity contribution >= 4 is 18.3 Å². The Balaban J connectivity index is 0.00000162. The Morgan fingerprint density at radius 1 is 1.33 bits per heavy atom. The number of carbonyl (C=O) groups excluding carboxylic acids is 1. The minimum Gasteiger partial charge on any atom is -0.392 e. The van der Waals surface area contributed by atoms with Crippen molar-refractivity contribution in [2.45, 2.75) is 57.1 Å². The topological polar surface area (TPSA) is 61.4 Å². The number of nitrogens with one attached hydrogen (secondary N) is 2. The number of amides is 1. The van der Waals surface area contributed by atoms with Gasteiger partial charge in [0.1, 0.15) is 0 Å². The van der Waals surface area contributed by atoms with E-state index in [0.717, 1.165) is 18.9 Å². The molecule has 18 heavy (non-hydrogen) atoms. The Morgan fingerprint density at radius 3 is 2.67 bits per heavy atom. The van der Waals surface area contributed by atoms with E-state index in [4.69, 9.17) is 0 Å². The van der Waals surface area contributed by atoms with Crippen LogP contribution in [0.4, 0.5) is 0 Å². The maximum atomic E-state index is 11.7.